The molecule has 1 atom stereocenters. The summed E-state index contributed by atoms with van der Waals surface area (Å²) in [6.07, 6.45) is 8.80. The molecule has 0 fully saturated rings. The van der Waals surface area contributed by atoms with Crippen LogP contribution < -0.4 is 0 Å². The number of fused-ring (bicyclic) bond motifs is 1. The number of thioether (sulfide) groups is 1. The average molecular weight is 150 g/mol. The third-order valence-electron chi connectivity index (χ3n) is 2.02. The highest BCUT2D eigenvalue weighted by Crippen LogP contribution is 2.38. The van der Waals surface area contributed by atoms with Gasteiger partial charge in [0.15, 0.2) is 0 Å². The van der Waals surface area contributed by atoms with Crippen LogP contribution in [0.3, 0.4) is 0 Å². The van der Waals surface area contributed by atoms with Gasteiger partial charge in [0.1, 0.15) is 0 Å². The minimum absolute atomic E-state index is 0.718. The van der Waals surface area contributed by atoms with Gasteiger partial charge in [0.25, 0.3) is 0 Å². The van der Waals surface area contributed by atoms with Crippen LogP contribution in [0.1, 0.15) is 6.92 Å². The minimum Gasteiger partial charge on any atom is -0.130 e. The van der Waals surface area contributed by atoms with Crippen LogP contribution in [0, 0.1) is 5.92 Å². The van der Waals surface area contributed by atoms with Crippen LogP contribution >= 0.6 is 11.8 Å². The normalized spacial score (nSPS) is 29.5. The molecular formula is C9H10S. The Hall–Kier alpha value is -0.430. The number of allylic oxidation sites excluding steroid dienone is 6. The first kappa shape index (κ1) is 6.29. The monoisotopic (exact) mass is 150 g/mol. The minimum atomic E-state index is 0.718. The van der Waals surface area contributed by atoms with Crippen LogP contribution in [0.5, 0.6) is 0 Å². The fraction of sp³-hybridized carbons (Fsp3) is 0.333. The van der Waals surface area contributed by atoms with Gasteiger partial charge < -0.3 is 0 Å². The Morgan fingerprint density at radius 1 is 1.50 bits per heavy atom. The van der Waals surface area contributed by atoms with E-state index in [0.717, 1.165) is 5.92 Å². The zero-order valence-electron chi connectivity index (χ0n) is 6.00. The molecule has 10 heavy (non-hydrogen) atoms. The summed E-state index contributed by atoms with van der Waals surface area (Å²) in [5.74, 6) is 1.97. The molecule has 1 unspecified atom stereocenters. The van der Waals surface area contributed by atoms with Crippen molar-refractivity contribution in [3.63, 3.8) is 0 Å². The van der Waals surface area contributed by atoms with Crippen molar-refractivity contribution >= 4 is 11.8 Å². The molecule has 0 N–H and O–H groups in total. The third kappa shape index (κ3) is 0.853. The first-order chi connectivity index (χ1) is 4.88. The van der Waals surface area contributed by atoms with Crippen molar-refractivity contribution < 1.29 is 0 Å². The summed E-state index contributed by atoms with van der Waals surface area (Å²) in [5.41, 5.74) is 1.53. The summed E-state index contributed by atoms with van der Waals surface area (Å²) in [4.78, 5) is 1.51. The molecule has 0 spiro atoms. The van der Waals surface area contributed by atoms with E-state index in [1.807, 2.05) is 11.8 Å². The van der Waals surface area contributed by atoms with E-state index in [0.29, 0.717) is 0 Å². The lowest BCUT2D eigenvalue weighted by molar-refractivity contribution is 0.912. The van der Waals surface area contributed by atoms with Gasteiger partial charge in [-0.3, -0.25) is 0 Å². The van der Waals surface area contributed by atoms with E-state index in [1.165, 1.54) is 16.2 Å². The molecule has 0 nitrogen and oxygen atoms in total. The Balaban J connectivity index is 2.39. The molecule has 0 aromatic carbocycles. The van der Waals surface area contributed by atoms with E-state index in [-0.39, 0.29) is 0 Å². The van der Waals surface area contributed by atoms with Crippen LogP contribution in [0.4, 0.5) is 0 Å². The van der Waals surface area contributed by atoms with Gasteiger partial charge >= 0.3 is 0 Å². The molecule has 0 aromatic rings. The number of hydrogen-bond donors (Lipinski definition) is 0. The largest absolute Gasteiger partial charge is 0.130 e. The Bertz CT molecular complexity index is 233. The van der Waals surface area contributed by atoms with Gasteiger partial charge in [0, 0.05) is 11.7 Å². The van der Waals surface area contributed by atoms with Gasteiger partial charge in [0.05, 0.1) is 0 Å². The maximum atomic E-state index is 2.29. The summed E-state index contributed by atoms with van der Waals surface area (Å²) >= 11 is 1.98. The zero-order chi connectivity index (χ0) is 6.97. The molecule has 2 rings (SSSR count). The van der Waals surface area contributed by atoms with E-state index < -0.39 is 0 Å². The molecule has 0 radical (unpaired) electrons. The van der Waals surface area contributed by atoms with Crippen molar-refractivity contribution in [1.29, 1.82) is 0 Å². The summed E-state index contributed by atoms with van der Waals surface area (Å²) in [5, 5.41) is 0. The van der Waals surface area contributed by atoms with Crippen molar-refractivity contribution in [2.24, 2.45) is 5.92 Å². The van der Waals surface area contributed by atoms with Crippen LogP contribution in [-0.4, -0.2) is 5.75 Å². The van der Waals surface area contributed by atoms with E-state index in [1.54, 1.807) is 0 Å². The van der Waals surface area contributed by atoms with Crippen molar-refractivity contribution in [1.82, 2.24) is 0 Å². The highest BCUT2D eigenvalue weighted by Gasteiger charge is 2.20. The van der Waals surface area contributed by atoms with Crippen molar-refractivity contribution in [3.8, 4) is 0 Å². The first-order valence-corrected chi connectivity index (χ1v) is 4.55. The van der Waals surface area contributed by atoms with Gasteiger partial charge in [0.2, 0.25) is 0 Å². The zero-order valence-corrected chi connectivity index (χ0v) is 6.82. The Morgan fingerprint density at radius 2 is 2.40 bits per heavy atom. The molecule has 0 aromatic heterocycles. The Morgan fingerprint density at radius 3 is 3.20 bits per heavy atom. The number of hydrogen-bond acceptors (Lipinski definition) is 1. The molecule has 1 heterocycles. The molecule has 0 saturated carbocycles. The lowest BCUT2D eigenvalue weighted by atomic mass is 9.97. The molecule has 1 aliphatic heterocycles. The standard InChI is InChI=1S/C9H10S/c1-7-9-5-3-2-4-8(9)6-10-7/h2-5,8H,6H2,1H3. The van der Waals surface area contributed by atoms with Gasteiger partial charge in [-0.05, 0) is 17.4 Å². The molecule has 1 heteroatoms. The van der Waals surface area contributed by atoms with Gasteiger partial charge in [-0.2, -0.15) is 0 Å². The Kier molecular flexibility index (Phi) is 1.46. The lowest BCUT2D eigenvalue weighted by Crippen LogP contribution is -1.98. The predicted octanol–water partition coefficient (Wildman–Crippen LogP) is 2.75. The van der Waals surface area contributed by atoms with Gasteiger partial charge in [-0.15, -0.1) is 11.8 Å². The second kappa shape index (κ2) is 2.31. The molecule has 0 amide bonds. The molecule has 52 valence electrons. The molecule has 0 bridgehead atoms. The lowest BCUT2D eigenvalue weighted by Gasteiger charge is -2.07. The highest BCUT2D eigenvalue weighted by molar-refractivity contribution is 8.03. The predicted molar refractivity (Wildman–Crippen MR) is 46.9 cm³/mol. The van der Waals surface area contributed by atoms with E-state index >= 15 is 0 Å². The summed E-state index contributed by atoms with van der Waals surface area (Å²) in [6, 6.07) is 0. The van der Waals surface area contributed by atoms with Crippen molar-refractivity contribution in [2.45, 2.75) is 6.92 Å². The molecule has 2 aliphatic rings. The smallest absolute Gasteiger partial charge is 0.0123 e. The quantitative estimate of drug-likeness (QED) is 0.511. The van der Waals surface area contributed by atoms with Gasteiger partial charge in [-0.25, -0.2) is 0 Å². The fourth-order valence-corrected chi connectivity index (χ4v) is 2.51. The SMILES string of the molecule is CC1=C2C=CC=CC2CS1. The second-order valence-corrected chi connectivity index (χ2v) is 3.91. The Labute approximate surface area is 65.7 Å². The average Bonchev–Trinajstić information content (AvgIpc) is 2.34. The fourth-order valence-electron chi connectivity index (χ4n) is 1.41. The first-order valence-electron chi connectivity index (χ1n) is 3.56. The van der Waals surface area contributed by atoms with Gasteiger partial charge in [-0.1, -0.05) is 24.3 Å². The van der Waals surface area contributed by atoms with E-state index in [4.69, 9.17) is 0 Å². The van der Waals surface area contributed by atoms with E-state index in [2.05, 4.69) is 31.2 Å². The summed E-state index contributed by atoms with van der Waals surface area (Å²) in [7, 11) is 0. The van der Waals surface area contributed by atoms with Crippen LogP contribution in [0.25, 0.3) is 0 Å². The number of rotatable bonds is 0. The maximum Gasteiger partial charge on any atom is 0.0123 e. The van der Waals surface area contributed by atoms with Crippen LogP contribution in [0.2, 0.25) is 0 Å². The highest BCUT2D eigenvalue weighted by atomic mass is 32.2. The van der Waals surface area contributed by atoms with Crippen molar-refractivity contribution in [3.05, 3.63) is 34.8 Å². The summed E-state index contributed by atoms with van der Waals surface area (Å²) < 4.78 is 0. The molecule has 1 aliphatic carbocycles. The second-order valence-electron chi connectivity index (χ2n) is 2.67. The van der Waals surface area contributed by atoms with Crippen LogP contribution in [0.15, 0.2) is 34.8 Å². The van der Waals surface area contributed by atoms with Crippen molar-refractivity contribution in [2.75, 3.05) is 5.75 Å². The summed E-state index contributed by atoms with van der Waals surface area (Å²) in [6.45, 7) is 2.21. The topological polar surface area (TPSA) is 0 Å². The van der Waals surface area contributed by atoms with E-state index in [9.17, 15) is 0 Å². The maximum absolute atomic E-state index is 2.29. The van der Waals surface area contributed by atoms with Crippen LogP contribution in [-0.2, 0) is 0 Å². The molecule has 0 saturated heterocycles. The third-order valence-corrected chi connectivity index (χ3v) is 3.21. The molecular weight excluding hydrogens is 140 g/mol.